The van der Waals surface area contributed by atoms with Crippen molar-refractivity contribution in [1.29, 1.82) is 0 Å². The molecule has 6 rings (SSSR count). The van der Waals surface area contributed by atoms with E-state index in [1.807, 2.05) is 45.0 Å². The van der Waals surface area contributed by atoms with E-state index in [4.69, 9.17) is 43.0 Å². The van der Waals surface area contributed by atoms with Crippen molar-refractivity contribution < 1.29 is 70.9 Å². The van der Waals surface area contributed by atoms with E-state index in [0.29, 0.717) is 133 Å². The molecule has 406 valence electrons. The number of benzene rings is 4. The first-order chi connectivity index (χ1) is 36.1. The van der Waals surface area contributed by atoms with Crippen molar-refractivity contribution in [1.82, 2.24) is 14.6 Å². The maximum atomic E-state index is 13.3. The second-order valence-electron chi connectivity index (χ2n) is 18.4. The van der Waals surface area contributed by atoms with Crippen molar-refractivity contribution in [3.05, 3.63) is 124 Å². The average Bonchev–Trinajstić information content (AvgIpc) is 3.40. The molecule has 0 spiro atoms. The van der Waals surface area contributed by atoms with Crippen LogP contribution in [0, 0.1) is 0 Å². The molecular weight excluding hydrogens is 993 g/mol. The molecule has 5 N–H and O–H groups in total. The number of H-pyrrole nitrogens is 1. The third-order valence-corrected chi connectivity index (χ3v) is 13.9. The molecule has 0 radical (unpaired) electrons. The van der Waals surface area contributed by atoms with Gasteiger partial charge in [0.05, 0.1) is 84.2 Å². The number of hydrogen-bond donors (Lipinski definition) is 5. The maximum Gasteiger partial charge on any atom is 0.322 e. The number of para-hydroxylation sites is 1. The minimum Gasteiger partial charge on any atom is -0.504 e. The molecule has 1 aliphatic heterocycles. The van der Waals surface area contributed by atoms with Crippen LogP contribution in [0.4, 0.5) is 5.69 Å². The molecule has 1 aliphatic rings. The number of aliphatic carboxylic acids is 1. The van der Waals surface area contributed by atoms with Gasteiger partial charge < -0.3 is 63.7 Å². The number of carbonyl (C=O) groups excluding carboxylic acids is 2. The molecule has 1 saturated heterocycles. The molecule has 0 unspecified atom stereocenters. The maximum absolute atomic E-state index is 13.3. The van der Waals surface area contributed by atoms with Gasteiger partial charge in [-0.3, -0.25) is 19.2 Å². The second-order valence-corrected chi connectivity index (χ2v) is 20.3. The first-order valence-corrected chi connectivity index (χ1v) is 26.3. The average molecular weight is 1060 g/mol. The van der Waals surface area contributed by atoms with Crippen LogP contribution in [0.2, 0.25) is 0 Å². The number of hydrogen-bond acceptors (Lipinski definition) is 15. The van der Waals surface area contributed by atoms with Crippen molar-refractivity contribution in [2.75, 3.05) is 117 Å². The molecule has 21 heteroatoms. The molecule has 1 aromatic heterocycles. The van der Waals surface area contributed by atoms with Crippen LogP contribution >= 0.6 is 0 Å². The molecular formula is C54H68N4O16S. The number of piperidine rings is 1. The number of aromatic hydroxyl groups is 1. The fourth-order valence-corrected chi connectivity index (χ4v) is 9.49. The zero-order valence-corrected chi connectivity index (χ0v) is 43.5. The number of nitrogens with zero attached hydrogens (tertiary/aromatic N) is 1. The van der Waals surface area contributed by atoms with E-state index in [1.54, 1.807) is 30.3 Å². The van der Waals surface area contributed by atoms with Gasteiger partial charge in [-0.25, -0.2) is 8.42 Å². The summed E-state index contributed by atoms with van der Waals surface area (Å²) >= 11 is 0. The topological polar surface area (TPSA) is 260 Å². The van der Waals surface area contributed by atoms with Gasteiger partial charge in [-0.1, -0.05) is 45.0 Å². The van der Waals surface area contributed by atoms with Gasteiger partial charge in [0.25, 0.3) is 11.8 Å². The highest BCUT2D eigenvalue weighted by Crippen LogP contribution is 2.39. The Labute approximate surface area is 436 Å². The summed E-state index contributed by atoms with van der Waals surface area (Å²) < 4.78 is 73.1. The van der Waals surface area contributed by atoms with E-state index in [-0.39, 0.29) is 46.7 Å². The number of ether oxygens (including phenoxy) is 8. The monoisotopic (exact) mass is 1060 g/mol. The lowest BCUT2D eigenvalue weighted by Crippen LogP contribution is -2.37. The number of phenolic OH excluding ortho intramolecular Hbond substituents is 1. The summed E-state index contributed by atoms with van der Waals surface area (Å²) in [5.41, 5.74) is 2.12. The van der Waals surface area contributed by atoms with Gasteiger partial charge >= 0.3 is 5.97 Å². The van der Waals surface area contributed by atoms with Crippen molar-refractivity contribution in [2.45, 2.75) is 49.8 Å². The van der Waals surface area contributed by atoms with Crippen LogP contribution < -0.4 is 25.5 Å². The molecule has 0 saturated carbocycles. The molecule has 20 nitrogen and oxygen atoms in total. The number of carboxylic acids is 1. The van der Waals surface area contributed by atoms with Crippen LogP contribution in [0.3, 0.4) is 0 Å². The molecule has 2 heterocycles. The second kappa shape index (κ2) is 29.0. The summed E-state index contributed by atoms with van der Waals surface area (Å²) in [6.07, 6.45) is 2.70. The highest BCUT2D eigenvalue weighted by atomic mass is 32.2. The Morgan fingerprint density at radius 3 is 1.77 bits per heavy atom. The minimum atomic E-state index is -3.75. The number of carbonyl (C=O) groups is 3. The predicted molar refractivity (Wildman–Crippen MR) is 279 cm³/mol. The summed E-state index contributed by atoms with van der Waals surface area (Å²) in [4.78, 5) is 52.1. The molecule has 1 fully saturated rings. The summed E-state index contributed by atoms with van der Waals surface area (Å²) in [7, 11) is -3.75. The fourth-order valence-electron chi connectivity index (χ4n) is 8.02. The van der Waals surface area contributed by atoms with E-state index in [9.17, 15) is 32.7 Å². The highest BCUT2D eigenvalue weighted by molar-refractivity contribution is 7.89. The highest BCUT2D eigenvalue weighted by Gasteiger charge is 2.30. The Morgan fingerprint density at radius 1 is 0.693 bits per heavy atom. The van der Waals surface area contributed by atoms with E-state index in [2.05, 4.69) is 15.6 Å². The van der Waals surface area contributed by atoms with E-state index < -0.39 is 45.2 Å². The summed E-state index contributed by atoms with van der Waals surface area (Å²) in [6.45, 7) is 11.3. The molecule has 75 heavy (non-hydrogen) atoms. The van der Waals surface area contributed by atoms with Gasteiger partial charge in [0.2, 0.25) is 15.5 Å². The smallest absolute Gasteiger partial charge is 0.322 e. The quantitative estimate of drug-likeness (QED) is 0.0332. The van der Waals surface area contributed by atoms with Crippen LogP contribution in [0.5, 0.6) is 17.2 Å². The van der Waals surface area contributed by atoms with Gasteiger partial charge in [-0.2, -0.15) is 4.31 Å². The third-order valence-electron chi connectivity index (χ3n) is 12.0. The normalized spacial score (nSPS) is 13.4. The van der Waals surface area contributed by atoms with Crippen LogP contribution in [0.1, 0.15) is 71.4 Å². The first kappa shape index (κ1) is 57.8. The number of aromatic nitrogens is 1. The molecule has 2 amide bonds. The lowest BCUT2D eigenvalue weighted by molar-refractivity contribution is -0.135. The number of pyridine rings is 1. The molecule has 0 bridgehead atoms. The Kier molecular flexibility index (Phi) is 22.4. The summed E-state index contributed by atoms with van der Waals surface area (Å²) in [5, 5.41) is 25.0. The summed E-state index contributed by atoms with van der Waals surface area (Å²) in [6, 6.07) is 23.3. The number of amides is 2. The van der Waals surface area contributed by atoms with Gasteiger partial charge in [-0.05, 0) is 89.9 Å². The lowest BCUT2D eigenvalue weighted by Gasteiger charge is -2.31. The number of aromatic amines is 1. The van der Waals surface area contributed by atoms with E-state index >= 15 is 0 Å². The Hall–Kier alpha value is -6.43. The molecule has 4 aromatic carbocycles. The van der Waals surface area contributed by atoms with E-state index in [1.165, 1.54) is 40.8 Å². The van der Waals surface area contributed by atoms with Gasteiger partial charge in [0, 0.05) is 47.5 Å². The number of carboxylic acid groups (broad SMARTS) is 1. The van der Waals surface area contributed by atoms with Crippen molar-refractivity contribution in [3.8, 4) is 17.2 Å². The number of fused-ring (bicyclic) bond motifs is 1. The molecule has 0 aliphatic carbocycles. The van der Waals surface area contributed by atoms with Crippen molar-refractivity contribution in [3.63, 3.8) is 0 Å². The number of phenols is 1. The van der Waals surface area contributed by atoms with Crippen molar-refractivity contribution >= 4 is 44.4 Å². The third kappa shape index (κ3) is 17.9. The summed E-state index contributed by atoms with van der Waals surface area (Å²) in [5.74, 6) is -1.38. The van der Waals surface area contributed by atoms with Crippen LogP contribution in [-0.2, 0) is 48.7 Å². The fraction of sp³-hybridized carbons (Fsp3) is 0.444. The van der Waals surface area contributed by atoms with Crippen molar-refractivity contribution in [2.24, 2.45) is 0 Å². The Balaban J connectivity index is 0.717. The number of anilines is 1. The van der Waals surface area contributed by atoms with Crippen LogP contribution in [0.15, 0.2) is 101 Å². The SMILES string of the molecule is CC(C)(C)c1cc(OCCOCCOCCOCCOCCOCCOCCOc2ccc(C3CCN(S(=O)(=O)c4ccc(C(=O)NCC(=O)O)cc4)CC3)cc2)c(O)cc1NC(=O)c1c[nH]c2ccccc2c1=O. The van der Waals surface area contributed by atoms with Gasteiger partial charge in [0.15, 0.2) is 11.5 Å². The zero-order chi connectivity index (χ0) is 53.6. The van der Waals surface area contributed by atoms with Gasteiger partial charge in [-0.15, -0.1) is 0 Å². The van der Waals surface area contributed by atoms with E-state index in [0.717, 1.165) is 5.56 Å². The van der Waals surface area contributed by atoms with Gasteiger partial charge in [0.1, 0.15) is 31.1 Å². The van der Waals surface area contributed by atoms with Crippen LogP contribution in [0.25, 0.3) is 10.9 Å². The molecule has 0 atom stereocenters. The number of rotatable bonds is 31. The Bertz CT molecular complexity index is 2790. The standard InChI is InChI=1S/C54H68N4O16S/c1-54(2,3)45-34-49(48(59)35-47(45)57-53(64)44-36-55-46-7-5-4-6-43(46)51(44)62)74-33-31-72-29-27-70-25-23-68-21-20-67-22-24-69-26-28-71-30-32-73-41-12-8-38(9-13-41)39-16-18-58(19-17-39)75(65,66)42-14-10-40(11-15-42)52(63)56-37-50(60)61/h4-15,34-36,39,59H,16-33,37H2,1-3H3,(H,55,62)(H,56,63)(H,57,64)(H,60,61). The largest absolute Gasteiger partial charge is 0.504 e. The zero-order valence-electron chi connectivity index (χ0n) is 42.6. The van der Waals surface area contributed by atoms with Crippen LogP contribution in [-0.4, -0.2) is 158 Å². The molecule has 5 aromatic rings. The number of nitrogens with one attached hydrogen (secondary N) is 3. The minimum absolute atomic E-state index is 0.0417. The first-order valence-electron chi connectivity index (χ1n) is 24.8. The Morgan fingerprint density at radius 2 is 1.23 bits per heavy atom. The lowest BCUT2D eigenvalue weighted by atomic mass is 9.85. The predicted octanol–water partition coefficient (Wildman–Crippen LogP) is 5.72. The number of sulfonamides is 1.